The van der Waals surface area contributed by atoms with Crippen LogP contribution in [0.1, 0.15) is 0 Å². The summed E-state index contributed by atoms with van der Waals surface area (Å²) in [4.78, 5) is 0.948. The second-order valence-electron chi connectivity index (χ2n) is 1.81. The first kappa shape index (κ1) is 8.16. The second kappa shape index (κ2) is 3.45. The normalized spacial score (nSPS) is 9.50. The van der Waals surface area contributed by atoms with Gasteiger partial charge in [0, 0.05) is 8.47 Å². The van der Waals surface area contributed by atoms with Crippen molar-refractivity contribution in [2.75, 3.05) is 5.43 Å². The quantitative estimate of drug-likeness (QED) is 0.314. The third kappa shape index (κ3) is 1.77. The molecule has 1 aromatic rings. The SMILES string of the molecule is NNc1ccc(S)cc1I. The Kier molecular flexibility index (Phi) is 2.82. The summed E-state index contributed by atoms with van der Waals surface area (Å²) in [7, 11) is 0. The summed E-state index contributed by atoms with van der Waals surface area (Å²) in [6.45, 7) is 0. The van der Waals surface area contributed by atoms with Crippen LogP contribution in [-0.2, 0) is 0 Å². The summed E-state index contributed by atoms with van der Waals surface area (Å²) >= 11 is 6.36. The van der Waals surface area contributed by atoms with Crippen LogP contribution >= 0.6 is 35.2 Å². The molecule has 0 saturated heterocycles. The number of halogens is 1. The molecule has 0 aliphatic carbocycles. The van der Waals surface area contributed by atoms with Crippen LogP contribution in [0.2, 0.25) is 0 Å². The largest absolute Gasteiger partial charge is 0.323 e. The van der Waals surface area contributed by atoms with Gasteiger partial charge in [0.25, 0.3) is 0 Å². The Labute approximate surface area is 78.7 Å². The van der Waals surface area contributed by atoms with Gasteiger partial charge in [-0.1, -0.05) is 0 Å². The lowest BCUT2D eigenvalue weighted by molar-refractivity contribution is 1.31. The van der Waals surface area contributed by atoms with E-state index >= 15 is 0 Å². The van der Waals surface area contributed by atoms with Gasteiger partial charge in [0.2, 0.25) is 0 Å². The molecule has 1 aromatic carbocycles. The van der Waals surface area contributed by atoms with Crippen LogP contribution < -0.4 is 11.3 Å². The van der Waals surface area contributed by atoms with Crippen LogP contribution in [0.4, 0.5) is 5.69 Å². The number of hydrazine groups is 1. The highest BCUT2D eigenvalue weighted by Gasteiger charge is 1.95. The summed E-state index contributed by atoms with van der Waals surface area (Å²) < 4.78 is 1.08. The number of nitrogen functional groups attached to an aromatic ring is 1. The molecule has 0 radical (unpaired) electrons. The Bertz CT molecular complexity index is 239. The predicted octanol–water partition coefficient (Wildman–Crippen LogP) is 1.87. The molecule has 0 fully saturated rings. The van der Waals surface area contributed by atoms with Gasteiger partial charge in [0.15, 0.2) is 0 Å². The van der Waals surface area contributed by atoms with Gasteiger partial charge in [-0.25, -0.2) is 0 Å². The van der Waals surface area contributed by atoms with Crippen molar-refractivity contribution in [2.45, 2.75) is 4.90 Å². The molecule has 3 N–H and O–H groups in total. The zero-order valence-corrected chi connectivity index (χ0v) is 8.19. The zero-order valence-electron chi connectivity index (χ0n) is 5.13. The average molecular weight is 266 g/mol. The summed E-state index contributed by atoms with van der Waals surface area (Å²) in [6.07, 6.45) is 0. The van der Waals surface area contributed by atoms with Gasteiger partial charge in [0.05, 0.1) is 5.69 Å². The molecule has 0 aromatic heterocycles. The van der Waals surface area contributed by atoms with Gasteiger partial charge >= 0.3 is 0 Å². The lowest BCUT2D eigenvalue weighted by atomic mass is 10.3. The topological polar surface area (TPSA) is 38.0 Å². The molecule has 0 spiro atoms. The highest BCUT2D eigenvalue weighted by molar-refractivity contribution is 14.1. The second-order valence-corrected chi connectivity index (χ2v) is 3.49. The third-order valence-corrected chi connectivity index (χ3v) is 2.28. The zero-order chi connectivity index (χ0) is 7.56. The van der Waals surface area contributed by atoms with Crippen molar-refractivity contribution in [3.05, 3.63) is 21.8 Å². The van der Waals surface area contributed by atoms with E-state index in [0.717, 1.165) is 14.2 Å². The van der Waals surface area contributed by atoms with Gasteiger partial charge in [-0.15, -0.1) is 12.6 Å². The minimum absolute atomic E-state index is 0.929. The number of anilines is 1. The molecule has 4 heteroatoms. The van der Waals surface area contributed by atoms with Gasteiger partial charge in [-0.2, -0.15) is 0 Å². The molecule has 0 amide bonds. The highest BCUT2D eigenvalue weighted by Crippen LogP contribution is 2.19. The first-order chi connectivity index (χ1) is 4.74. The number of nitrogens with two attached hydrogens (primary N) is 1. The Morgan fingerprint density at radius 3 is 2.70 bits per heavy atom. The highest BCUT2D eigenvalue weighted by atomic mass is 127. The fourth-order valence-electron chi connectivity index (χ4n) is 0.621. The molecule has 0 unspecified atom stereocenters. The van der Waals surface area contributed by atoms with E-state index in [1.807, 2.05) is 18.2 Å². The fourth-order valence-corrected chi connectivity index (χ4v) is 1.74. The monoisotopic (exact) mass is 266 g/mol. The number of hydrogen-bond donors (Lipinski definition) is 3. The van der Waals surface area contributed by atoms with E-state index in [2.05, 4.69) is 40.6 Å². The molecule has 0 aliphatic heterocycles. The minimum atomic E-state index is 0.929. The minimum Gasteiger partial charge on any atom is -0.323 e. The van der Waals surface area contributed by atoms with E-state index in [-0.39, 0.29) is 0 Å². The average Bonchev–Trinajstić information content (AvgIpc) is 1.88. The molecule has 0 aliphatic rings. The van der Waals surface area contributed by atoms with Crippen LogP contribution in [0, 0.1) is 3.57 Å². The van der Waals surface area contributed by atoms with Gasteiger partial charge in [-0.05, 0) is 40.8 Å². The molecule has 2 nitrogen and oxygen atoms in total. The number of rotatable bonds is 1. The molecule has 1 rings (SSSR count). The first-order valence-electron chi connectivity index (χ1n) is 2.69. The van der Waals surface area contributed by atoms with Gasteiger partial charge < -0.3 is 5.43 Å². The maximum absolute atomic E-state index is 5.22. The fraction of sp³-hybridized carbons (Fsp3) is 0. The number of thiol groups is 1. The van der Waals surface area contributed by atoms with Crippen LogP contribution in [0.15, 0.2) is 23.1 Å². The van der Waals surface area contributed by atoms with Crippen molar-refractivity contribution in [1.29, 1.82) is 0 Å². The Hall–Kier alpha value is 0.0600. The van der Waals surface area contributed by atoms with E-state index in [1.165, 1.54) is 0 Å². The molecular weight excluding hydrogens is 259 g/mol. The van der Waals surface area contributed by atoms with Crippen LogP contribution in [0.25, 0.3) is 0 Å². The van der Waals surface area contributed by atoms with Crippen molar-refractivity contribution in [3.63, 3.8) is 0 Å². The Morgan fingerprint density at radius 2 is 2.20 bits per heavy atom. The third-order valence-electron chi connectivity index (χ3n) is 1.11. The first-order valence-corrected chi connectivity index (χ1v) is 4.22. The van der Waals surface area contributed by atoms with E-state index in [9.17, 15) is 0 Å². The van der Waals surface area contributed by atoms with Crippen molar-refractivity contribution in [1.82, 2.24) is 0 Å². The maximum Gasteiger partial charge on any atom is 0.0619 e. The number of nitrogens with one attached hydrogen (secondary N) is 1. The van der Waals surface area contributed by atoms with E-state index < -0.39 is 0 Å². The van der Waals surface area contributed by atoms with Crippen molar-refractivity contribution >= 4 is 40.9 Å². The molecular formula is C6H7IN2S. The lowest BCUT2D eigenvalue weighted by Crippen LogP contribution is -2.07. The lowest BCUT2D eigenvalue weighted by Gasteiger charge is -2.02. The summed E-state index contributed by atoms with van der Waals surface area (Å²) in [5.74, 6) is 5.22. The van der Waals surface area contributed by atoms with Gasteiger partial charge in [0.1, 0.15) is 0 Å². The van der Waals surface area contributed by atoms with Crippen LogP contribution in [0.5, 0.6) is 0 Å². The molecule has 0 saturated carbocycles. The number of benzene rings is 1. The van der Waals surface area contributed by atoms with Crippen molar-refractivity contribution in [3.8, 4) is 0 Å². The van der Waals surface area contributed by atoms with Crippen LogP contribution in [0.3, 0.4) is 0 Å². The summed E-state index contributed by atoms with van der Waals surface area (Å²) in [5.41, 5.74) is 3.51. The molecule has 0 bridgehead atoms. The molecule has 0 heterocycles. The molecule has 10 heavy (non-hydrogen) atoms. The number of hydrogen-bond acceptors (Lipinski definition) is 3. The summed E-state index contributed by atoms with van der Waals surface area (Å²) in [5, 5.41) is 0. The van der Waals surface area contributed by atoms with Gasteiger partial charge in [-0.3, -0.25) is 5.84 Å². The molecule has 54 valence electrons. The van der Waals surface area contributed by atoms with Crippen molar-refractivity contribution < 1.29 is 0 Å². The van der Waals surface area contributed by atoms with Crippen LogP contribution in [-0.4, -0.2) is 0 Å². The van der Waals surface area contributed by atoms with E-state index in [0.29, 0.717) is 0 Å². The Balaban J connectivity index is 3.07. The predicted molar refractivity (Wildman–Crippen MR) is 54.2 cm³/mol. The standard InChI is InChI=1S/C6H7IN2S/c7-5-3-4(10)1-2-6(5)9-8/h1-3,9-10H,8H2. The van der Waals surface area contributed by atoms with E-state index in [4.69, 9.17) is 5.84 Å². The Morgan fingerprint density at radius 1 is 1.50 bits per heavy atom. The van der Waals surface area contributed by atoms with E-state index in [1.54, 1.807) is 0 Å². The summed E-state index contributed by atoms with van der Waals surface area (Å²) in [6, 6.07) is 5.73. The molecule has 0 atom stereocenters. The maximum atomic E-state index is 5.22. The van der Waals surface area contributed by atoms with Crippen molar-refractivity contribution in [2.24, 2.45) is 5.84 Å². The smallest absolute Gasteiger partial charge is 0.0619 e.